The summed E-state index contributed by atoms with van der Waals surface area (Å²) in [4.78, 5) is 38.4. The fraction of sp³-hybridized carbons (Fsp3) is 0.662. The molecule has 0 bridgehead atoms. The predicted octanol–water partition coefficient (Wildman–Crippen LogP) is 22.9. The Balaban J connectivity index is 4.42. The minimum absolute atomic E-state index is 0.0923. The van der Waals surface area contributed by atoms with Crippen LogP contribution >= 0.6 is 0 Å². The molecule has 0 N–H and O–H groups in total. The van der Waals surface area contributed by atoms with Gasteiger partial charge < -0.3 is 14.2 Å². The molecular weight excluding hydrogens is 985 g/mol. The van der Waals surface area contributed by atoms with Crippen LogP contribution in [0.1, 0.15) is 297 Å². The Morgan fingerprint density at radius 2 is 0.487 bits per heavy atom. The van der Waals surface area contributed by atoms with Crippen molar-refractivity contribution in [3.63, 3.8) is 0 Å². The van der Waals surface area contributed by atoms with Crippen LogP contribution in [0, 0.1) is 0 Å². The van der Waals surface area contributed by atoms with Crippen LogP contribution < -0.4 is 0 Å². The molecule has 0 aliphatic heterocycles. The van der Waals surface area contributed by atoms with Crippen LogP contribution in [0.25, 0.3) is 0 Å². The van der Waals surface area contributed by atoms with Crippen LogP contribution in [-0.4, -0.2) is 37.2 Å². The summed E-state index contributed by atoms with van der Waals surface area (Å²) in [6.07, 6.45) is 94.5. The SMILES string of the molecule is CC/C=C\C/C=C\C/C=C\C/C=C\C/C=C\CCCCCCCCCCCC(=O)OCC(COC(=O)CCCCCCC/C=C\C/C=C\CCCCCC)OC(=O)CCCCCCCCCC/C=C\C/C=C\C/C=C\C/C=C\CC. The third-order valence-electron chi connectivity index (χ3n) is 13.9. The van der Waals surface area contributed by atoms with Crippen molar-refractivity contribution < 1.29 is 28.6 Å². The van der Waals surface area contributed by atoms with E-state index in [0.717, 1.165) is 154 Å². The average molecular weight is 1110 g/mol. The molecule has 0 heterocycles. The van der Waals surface area contributed by atoms with Crippen molar-refractivity contribution in [3.8, 4) is 0 Å². The predicted molar refractivity (Wildman–Crippen MR) is 348 cm³/mol. The highest BCUT2D eigenvalue weighted by molar-refractivity contribution is 5.71. The zero-order valence-corrected chi connectivity index (χ0v) is 52.0. The number of carbonyl (C=O) groups excluding carboxylic acids is 3. The van der Waals surface area contributed by atoms with Gasteiger partial charge in [0, 0.05) is 19.3 Å². The molecule has 0 saturated carbocycles. The molecule has 6 nitrogen and oxygen atoms in total. The molecule has 0 amide bonds. The maximum Gasteiger partial charge on any atom is 0.306 e. The van der Waals surface area contributed by atoms with Gasteiger partial charge in [-0.25, -0.2) is 0 Å². The molecule has 0 aliphatic carbocycles. The van der Waals surface area contributed by atoms with E-state index in [2.05, 4.69) is 154 Å². The summed E-state index contributed by atoms with van der Waals surface area (Å²) in [6.45, 7) is 6.39. The first-order chi connectivity index (χ1) is 39.5. The third kappa shape index (κ3) is 64.4. The number of unbranched alkanes of at least 4 members (excludes halogenated alkanes) is 26. The number of rotatable bonds is 59. The molecular formula is C74H122O6. The molecule has 1 atom stereocenters. The van der Waals surface area contributed by atoms with Gasteiger partial charge in [-0.05, 0) is 135 Å². The van der Waals surface area contributed by atoms with Gasteiger partial charge in [0.25, 0.3) is 0 Å². The molecule has 1 unspecified atom stereocenters. The summed E-state index contributed by atoms with van der Waals surface area (Å²) in [5.74, 6) is -0.915. The van der Waals surface area contributed by atoms with E-state index in [1.165, 1.54) is 103 Å². The lowest BCUT2D eigenvalue weighted by Crippen LogP contribution is -2.30. The Morgan fingerprint density at radius 3 is 0.762 bits per heavy atom. The van der Waals surface area contributed by atoms with Gasteiger partial charge in [0.1, 0.15) is 13.2 Å². The van der Waals surface area contributed by atoms with Gasteiger partial charge in [-0.2, -0.15) is 0 Å². The maximum atomic E-state index is 12.9. The Labute approximate surface area is 494 Å². The first-order valence-corrected chi connectivity index (χ1v) is 33.2. The third-order valence-corrected chi connectivity index (χ3v) is 13.9. The molecule has 0 rings (SSSR count). The highest BCUT2D eigenvalue weighted by atomic mass is 16.6. The second kappa shape index (κ2) is 67.1. The van der Waals surface area contributed by atoms with E-state index in [9.17, 15) is 14.4 Å². The van der Waals surface area contributed by atoms with E-state index in [-0.39, 0.29) is 31.1 Å². The minimum Gasteiger partial charge on any atom is -0.462 e. The van der Waals surface area contributed by atoms with Crippen LogP contribution in [0.4, 0.5) is 0 Å². The highest BCUT2D eigenvalue weighted by Gasteiger charge is 2.19. The molecule has 0 fully saturated rings. The number of allylic oxidation sites excluding steroid dienone is 22. The lowest BCUT2D eigenvalue weighted by atomic mass is 10.1. The Bertz CT molecular complexity index is 1700. The van der Waals surface area contributed by atoms with Gasteiger partial charge in [-0.15, -0.1) is 0 Å². The first kappa shape index (κ1) is 75.5. The summed E-state index contributed by atoms with van der Waals surface area (Å²) < 4.78 is 16.9. The molecule has 0 saturated heterocycles. The highest BCUT2D eigenvalue weighted by Crippen LogP contribution is 2.15. The molecule has 0 aromatic heterocycles. The van der Waals surface area contributed by atoms with Gasteiger partial charge >= 0.3 is 17.9 Å². The normalized spacial score (nSPS) is 13.0. The second-order valence-corrected chi connectivity index (χ2v) is 21.6. The summed E-state index contributed by atoms with van der Waals surface area (Å²) >= 11 is 0. The fourth-order valence-corrected chi connectivity index (χ4v) is 8.96. The summed E-state index contributed by atoms with van der Waals surface area (Å²) in [5, 5.41) is 0. The number of carbonyl (C=O) groups is 3. The van der Waals surface area contributed by atoms with E-state index in [1.54, 1.807) is 0 Å². The number of hydrogen-bond donors (Lipinski definition) is 0. The van der Waals surface area contributed by atoms with Gasteiger partial charge in [-0.1, -0.05) is 276 Å². The van der Waals surface area contributed by atoms with E-state index in [4.69, 9.17) is 14.2 Å². The number of hydrogen-bond acceptors (Lipinski definition) is 6. The Hall–Kier alpha value is -4.45. The zero-order chi connectivity index (χ0) is 57.8. The van der Waals surface area contributed by atoms with Crippen molar-refractivity contribution in [2.75, 3.05) is 13.2 Å². The summed E-state index contributed by atoms with van der Waals surface area (Å²) in [7, 11) is 0. The quantitative estimate of drug-likeness (QED) is 0.0261. The van der Waals surface area contributed by atoms with Crippen molar-refractivity contribution in [1.82, 2.24) is 0 Å². The van der Waals surface area contributed by atoms with Crippen LogP contribution in [0.15, 0.2) is 134 Å². The molecule has 0 aliphatic rings. The van der Waals surface area contributed by atoms with Gasteiger partial charge in [0.2, 0.25) is 0 Å². The van der Waals surface area contributed by atoms with Crippen LogP contribution in [-0.2, 0) is 28.6 Å². The van der Waals surface area contributed by atoms with Crippen LogP contribution in [0.2, 0.25) is 0 Å². The topological polar surface area (TPSA) is 78.9 Å². The van der Waals surface area contributed by atoms with Crippen molar-refractivity contribution in [3.05, 3.63) is 134 Å². The lowest BCUT2D eigenvalue weighted by molar-refractivity contribution is -0.167. The molecule has 0 spiro atoms. The Morgan fingerprint density at radius 1 is 0.263 bits per heavy atom. The lowest BCUT2D eigenvalue weighted by Gasteiger charge is -2.18. The van der Waals surface area contributed by atoms with Crippen molar-refractivity contribution in [2.24, 2.45) is 0 Å². The molecule has 0 aromatic rings. The maximum absolute atomic E-state index is 12.9. The van der Waals surface area contributed by atoms with Crippen molar-refractivity contribution >= 4 is 17.9 Å². The van der Waals surface area contributed by atoms with Crippen LogP contribution in [0.3, 0.4) is 0 Å². The van der Waals surface area contributed by atoms with E-state index in [0.29, 0.717) is 19.3 Å². The fourth-order valence-electron chi connectivity index (χ4n) is 8.96. The Kier molecular flexibility index (Phi) is 63.3. The van der Waals surface area contributed by atoms with Crippen molar-refractivity contribution in [1.29, 1.82) is 0 Å². The standard InChI is InChI=1S/C74H122O6/c1-4-7-10-13-16-19-22-25-28-31-33-35-36-37-38-40-41-43-46-49-52-55-58-61-64-67-73(76)79-70-71(69-78-72(75)66-63-60-57-54-51-48-45-30-27-24-21-18-15-12-9-6-3)80-74(77)68-65-62-59-56-53-50-47-44-42-39-34-32-29-26-23-20-17-14-11-8-5-2/h7-8,10-11,16-17,19-21,24-26,28-30,33-35,37-39,45,71H,4-6,9,12-15,18,22-23,27,31-32,36,40-44,46-70H2,1-3H3/b10-7-,11-8-,19-16-,20-17-,24-21-,28-25-,29-26-,35-33-,38-37-,39-34-,45-30-. The largest absolute Gasteiger partial charge is 0.462 e. The zero-order valence-electron chi connectivity index (χ0n) is 52.0. The summed E-state index contributed by atoms with van der Waals surface area (Å²) in [5.41, 5.74) is 0. The van der Waals surface area contributed by atoms with Crippen molar-refractivity contribution in [2.45, 2.75) is 303 Å². The van der Waals surface area contributed by atoms with E-state index >= 15 is 0 Å². The van der Waals surface area contributed by atoms with E-state index < -0.39 is 6.10 Å². The number of esters is 3. The molecule has 0 aromatic carbocycles. The van der Waals surface area contributed by atoms with E-state index in [1.807, 2.05) is 0 Å². The number of ether oxygens (including phenoxy) is 3. The van der Waals surface area contributed by atoms with Crippen LogP contribution in [0.5, 0.6) is 0 Å². The van der Waals surface area contributed by atoms with Gasteiger partial charge in [-0.3, -0.25) is 14.4 Å². The monoisotopic (exact) mass is 1110 g/mol. The molecule has 80 heavy (non-hydrogen) atoms. The van der Waals surface area contributed by atoms with Gasteiger partial charge in [0.15, 0.2) is 6.10 Å². The molecule has 454 valence electrons. The average Bonchev–Trinajstić information content (AvgIpc) is 3.46. The summed E-state index contributed by atoms with van der Waals surface area (Å²) in [6, 6.07) is 0. The molecule has 6 heteroatoms. The molecule has 0 radical (unpaired) electrons. The van der Waals surface area contributed by atoms with Gasteiger partial charge in [0.05, 0.1) is 0 Å². The first-order valence-electron chi connectivity index (χ1n) is 33.2. The second-order valence-electron chi connectivity index (χ2n) is 21.6. The smallest absolute Gasteiger partial charge is 0.306 e. The minimum atomic E-state index is -0.798.